The summed E-state index contributed by atoms with van der Waals surface area (Å²) >= 11 is 0. The van der Waals surface area contributed by atoms with Crippen molar-refractivity contribution in [3.05, 3.63) is 29.7 Å². The van der Waals surface area contributed by atoms with Crippen molar-refractivity contribution < 1.29 is 13.6 Å². The number of hydrogen-bond acceptors (Lipinski definition) is 4. The smallest absolute Gasteiger partial charge is 0.248 e. The van der Waals surface area contributed by atoms with Crippen molar-refractivity contribution in [1.82, 2.24) is 19.9 Å². The number of hydrogen-bond donors (Lipinski definition) is 2. The lowest BCUT2D eigenvalue weighted by atomic mass is 9.81. The lowest BCUT2D eigenvalue weighted by molar-refractivity contribution is -0.122. The molecule has 4 rings (SSSR count). The molecule has 0 radical (unpaired) electrons. The van der Waals surface area contributed by atoms with E-state index in [0.717, 1.165) is 12.0 Å². The van der Waals surface area contributed by atoms with Gasteiger partial charge in [-0.1, -0.05) is 13.8 Å². The molecule has 3 atom stereocenters. The van der Waals surface area contributed by atoms with Gasteiger partial charge < -0.3 is 11.1 Å². The van der Waals surface area contributed by atoms with Crippen LogP contribution in [0.4, 0.5) is 8.78 Å². The Morgan fingerprint density at radius 2 is 2.07 bits per heavy atom. The molecule has 2 unspecified atom stereocenters. The summed E-state index contributed by atoms with van der Waals surface area (Å²) in [6.07, 6.45) is 5.62. The summed E-state index contributed by atoms with van der Waals surface area (Å²) in [6.45, 7) is 4.23. The Bertz CT molecular complexity index is 886. The van der Waals surface area contributed by atoms with Crippen molar-refractivity contribution in [2.24, 2.45) is 23.5 Å². The zero-order valence-electron chi connectivity index (χ0n) is 16.9. The van der Waals surface area contributed by atoms with E-state index in [1.807, 2.05) is 6.07 Å². The number of alkyl halides is 2. The predicted molar refractivity (Wildman–Crippen MR) is 105 cm³/mol. The first-order chi connectivity index (χ1) is 13.7. The number of fused-ring (bicyclic) bond motifs is 1. The highest BCUT2D eigenvalue weighted by molar-refractivity contribution is 5.81. The van der Waals surface area contributed by atoms with Crippen LogP contribution in [0.3, 0.4) is 0 Å². The summed E-state index contributed by atoms with van der Waals surface area (Å²) in [5, 5.41) is 7.49. The Labute approximate surface area is 169 Å². The summed E-state index contributed by atoms with van der Waals surface area (Å²) in [5.74, 6) is -2.09. The lowest BCUT2D eigenvalue weighted by Gasteiger charge is -2.31. The fourth-order valence-electron chi connectivity index (χ4n) is 4.54. The molecule has 2 aromatic rings. The van der Waals surface area contributed by atoms with Crippen LogP contribution in [0.2, 0.25) is 0 Å². The molecule has 8 heteroatoms. The van der Waals surface area contributed by atoms with Crippen LogP contribution in [0.15, 0.2) is 18.5 Å². The molecule has 1 aliphatic heterocycles. The molecule has 0 spiro atoms. The third kappa shape index (κ3) is 4.27. The molecule has 2 fully saturated rings. The molecule has 1 saturated carbocycles. The SMILES string of the molecule is CC(C)C1CC(Cc2cnn3cc([C@@H](N)C4CCC(F)(F)CC4)nc3c2)C(=O)N1. The summed E-state index contributed by atoms with van der Waals surface area (Å²) < 4.78 is 28.5. The second-order valence-corrected chi connectivity index (χ2v) is 9.05. The van der Waals surface area contributed by atoms with Crippen LogP contribution in [0.5, 0.6) is 0 Å². The van der Waals surface area contributed by atoms with E-state index in [-0.39, 0.29) is 42.7 Å². The van der Waals surface area contributed by atoms with E-state index in [9.17, 15) is 13.6 Å². The van der Waals surface area contributed by atoms with E-state index in [2.05, 4.69) is 29.2 Å². The number of imidazole rings is 1. The van der Waals surface area contributed by atoms with Crippen LogP contribution in [0, 0.1) is 17.8 Å². The third-order valence-electron chi connectivity index (χ3n) is 6.53. The fraction of sp³-hybridized carbons (Fsp3) is 0.667. The number of carbonyl (C=O) groups excluding carboxylic acids is 1. The first-order valence-electron chi connectivity index (χ1n) is 10.5. The van der Waals surface area contributed by atoms with Gasteiger partial charge in [0.15, 0.2) is 5.65 Å². The van der Waals surface area contributed by atoms with E-state index >= 15 is 0 Å². The highest BCUT2D eigenvalue weighted by Gasteiger charge is 2.38. The maximum atomic E-state index is 13.4. The average molecular weight is 405 g/mol. The van der Waals surface area contributed by atoms with E-state index in [4.69, 9.17) is 5.73 Å². The van der Waals surface area contributed by atoms with Gasteiger partial charge >= 0.3 is 0 Å². The summed E-state index contributed by atoms with van der Waals surface area (Å²) in [6, 6.07) is 1.79. The molecule has 0 aromatic carbocycles. The topological polar surface area (TPSA) is 85.3 Å². The molecule has 2 aliphatic rings. The van der Waals surface area contributed by atoms with Crippen LogP contribution in [0.1, 0.15) is 63.3 Å². The second kappa shape index (κ2) is 7.63. The minimum absolute atomic E-state index is 0.00848. The molecule has 3 heterocycles. The highest BCUT2D eigenvalue weighted by atomic mass is 19.3. The molecular weight excluding hydrogens is 376 g/mol. The first kappa shape index (κ1) is 20.2. The van der Waals surface area contributed by atoms with Crippen molar-refractivity contribution in [2.45, 2.75) is 70.4 Å². The molecule has 29 heavy (non-hydrogen) atoms. The molecule has 6 nitrogen and oxygen atoms in total. The maximum absolute atomic E-state index is 13.4. The number of rotatable bonds is 5. The second-order valence-electron chi connectivity index (χ2n) is 9.05. The average Bonchev–Trinajstić information content (AvgIpc) is 3.25. The van der Waals surface area contributed by atoms with Crippen molar-refractivity contribution in [3.8, 4) is 0 Å². The molecule has 2 aromatic heterocycles. The Balaban J connectivity index is 1.46. The molecule has 1 aliphatic carbocycles. The summed E-state index contributed by atoms with van der Waals surface area (Å²) in [4.78, 5) is 16.9. The number of nitrogens with two attached hydrogens (primary N) is 1. The van der Waals surface area contributed by atoms with Crippen LogP contribution in [-0.2, 0) is 11.2 Å². The lowest BCUT2D eigenvalue weighted by Crippen LogP contribution is -2.31. The molecule has 3 N–H and O–H groups in total. The van der Waals surface area contributed by atoms with E-state index in [1.54, 1.807) is 16.9 Å². The first-order valence-corrected chi connectivity index (χ1v) is 10.5. The van der Waals surface area contributed by atoms with Gasteiger partial charge in [-0.05, 0) is 49.1 Å². The minimum Gasteiger partial charge on any atom is -0.353 e. The summed E-state index contributed by atoms with van der Waals surface area (Å²) in [7, 11) is 0. The van der Waals surface area contributed by atoms with Gasteiger partial charge in [0.25, 0.3) is 0 Å². The largest absolute Gasteiger partial charge is 0.353 e. The number of carbonyl (C=O) groups is 1. The summed E-state index contributed by atoms with van der Waals surface area (Å²) in [5.41, 5.74) is 8.67. The number of aromatic nitrogens is 3. The standard InChI is InChI=1S/C21H29F2N5O/c1-12(2)16-9-15(20(29)27-16)7-13-8-18-26-17(11-28(18)25-10-13)19(24)14-3-5-21(22,23)6-4-14/h8,10-12,14-16,19H,3-7,9,24H2,1-2H3,(H,27,29)/t15?,16?,19-/m0/s1. The minimum atomic E-state index is -2.56. The number of nitrogens with one attached hydrogen (secondary N) is 1. The zero-order valence-corrected chi connectivity index (χ0v) is 16.9. The van der Waals surface area contributed by atoms with Gasteiger partial charge in [-0.2, -0.15) is 5.10 Å². The van der Waals surface area contributed by atoms with E-state index < -0.39 is 5.92 Å². The molecule has 1 amide bonds. The molecule has 0 bridgehead atoms. The Morgan fingerprint density at radius 1 is 1.34 bits per heavy atom. The monoisotopic (exact) mass is 405 g/mol. The quantitative estimate of drug-likeness (QED) is 0.800. The third-order valence-corrected chi connectivity index (χ3v) is 6.53. The van der Waals surface area contributed by atoms with Gasteiger partial charge in [0, 0.05) is 24.8 Å². The van der Waals surface area contributed by atoms with Crippen molar-refractivity contribution in [3.63, 3.8) is 0 Å². The van der Waals surface area contributed by atoms with Crippen molar-refractivity contribution in [2.75, 3.05) is 0 Å². The van der Waals surface area contributed by atoms with Crippen LogP contribution in [0.25, 0.3) is 5.65 Å². The normalized spacial score (nSPS) is 26.2. The van der Waals surface area contributed by atoms with Crippen LogP contribution in [-0.4, -0.2) is 32.5 Å². The fourth-order valence-corrected chi connectivity index (χ4v) is 4.54. The number of nitrogens with zero attached hydrogens (tertiary/aromatic N) is 3. The predicted octanol–water partition coefficient (Wildman–Crippen LogP) is 3.26. The Morgan fingerprint density at radius 3 is 2.72 bits per heavy atom. The Kier molecular flexibility index (Phi) is 5.31. The zero-order chi connectivity index (χ0) is 20.8. The maximum Gasteiger partial charge on any atom is 0.248 e. The number of amides is 1. The van der Waals surface area contributed by atoms with Crippen LogP contribution < -0.4 is 11.1 Å². The van der Waals surface area contributed by atoms with Gasteiger partial charge in [0.1, 0.15) is 0 Å². The van der Waals surface area contributed by atoms with Gasteiger partial charge in [-0.3, -0.25) is 4.79 Å². The molecule has 158 valence electrons. The van der Waals surface area contributed by atoms with Gasteiger partial charge in [-0.25, -0.2) is 18.3 Å². The van der Waals surface area contributed by atoms with E-state index in [0.29, 0.717) is 36.5 Å². The highest BCUT2D eigenvalue weighted by Crippen LogP contribution is 2.40. The van der Waals surface area contributed by atoms with Gasteiger partial charge in [-0.15, -0.1) is 0 Å². The van der Waals surface area contributed by atoms with Gasteiger partial charge in [0.05, 0.1) is 24.1 Å². The molecule has 1 saturated heterocycles. The van der Waals surface area contributed by atoms with Crippen molar-refractivity contribution in [1.29, 1.82) is 0 Å². The van der Waals surface area contributed by atoms with E-state index in [1.165, 1.54) is 0 Å². The number of halogens is 2. The van der Waals surface area contributed by atoms with Crippen molar-refractivity contribution >= 4 is 11.6 Å². The van der Waals surface area contributed by atoms with Gasteiger partial charge in [0.2, 0.25) is 11.8 Å². The Hall–Kier alpha value is -2.09. The molecular formula is C21H29F2N5O. The van der Waals surface area contributed by atoms with Crippen LogP contribution >= 0.6 is 0 Å².